The van der Waals surface area contributed by atoms with Gasteiger partial charge >= 0.3 is 0 Å². The lowest BCUT2D eigenvalue weighted by Crippen LogP contribution is -2.17. The zero-order chi connectivity index (χ0) is 27.2. The van der Waals surface area contributed by atoms with Gasteiger partial charge in [0, 0.05) is 28.1 Å². The molecule has 8 rings (SSSR count). The highest BCUT2D eigenvalue weighted by Gasteiger charge is 2.28. The molecule has 2 aromatic heterocycles. The van der Waals surface area contributed by atoms with Gasteiger partial charge in [0.15, 0.2) is 0 Å². The standard InChI is InChI=1S/C38H25N3/c1-4-12-26(13-5-1)29-20-31-24-39-25-36-38(31)33(21-29)32-18-10-11-19-35(32)41(36)37-23-30(27-14-6-2-7-15-27)22-34(40-37)28-16-8-3-9-17-28/h1-25H. The largest absolute Gasteiger partial charge is 0.292 e. The summed E-state index contributed by atoms with van der Waals surface area (Å²) in [5.41, 5.74) is 11.2. The molecule has 0 spiro atoms. The molecule has 0 saturated carbocycles. The Kier molecular flexibility index (Phi) is 5.46. The van der Waals surface area contributed by atoms with Crippen molar-refractivity contribution < 1.29 is 0 Å². The Morgan fingerprint density at radius 3 is 1.76 bits per heavy atom. The molecule has 5 aromatic carbocycles. The summed E-state index contributed by atoms with van der Waals surface area (Å²) in [4.78, 5) is 12.3. The molecule has 0 unspecified atom stereocenters. The molecule has 192 valence electrons. The fourth-order valence-corrected chi connectivity index (χ4v) is 5.94. The molecular formula is C38H25N3. The third-order valence-electron chi connectivity index (χ3n) is 7.84. The van der Waals surface area contributed by atoms with Crippen molar-refractivity contribution >= 4 is 28.0 Å². The molecule has 1 aliphatic rings. The minimum atomic E-state index is 0.866. The SMILES string of the molecule is c1ccc(-c2cc(-c3ccccc3)nc(N3c4ccccc4-c4cc(-c5ccccc5)cc5cncc3c45)c2)cc1. The summed E-state index contributed by atoms with van der Waals surface area (Å²) >= 11 is 0. The maximum absolute atomic E-state index is 5.27. The number of rotatable bonds is 4. The third kappa shape index (κ3) is 3.98. The van der Waals surface area contributed by atoms with Crippen LogP contribution in [0.3, 0.4) is 0 Å². The normalized spacial score (nSPS) is 11.9. The van der Waals surface area contributed by atoms with E-state index in [4.69, 9.17) is 9.97 Å². The van der Waals surface area contributed by atoms with E-state index in [0.717, 1.165) is 45.0 Å². The second-order valence-electron chi connectivity index (χ2n) is 10.3. The topological polar surface area (TPSA) is 29.0 Å². The van der Waals surface area contributed by atoms with Gasteiger partial charge in [-0.15, -0.1) is 0 Å². The Morgan fingerprint density at radius 1 is 0.439 bits per heavy atom. The number of hydrogen-bond donors (Lipinski definition) is 0. The van der Waals surface area contributed by atoms with Crippen molar-refractivity contribution in [2.24, 2.45) is 0 Å². The lowest BCUT2D eigenvalue weighted by molar-refractivity contribution is 1.17. The van der Waals surface area contributed by atoms with Gasteiger partial charge < -0.3 is 0 Å². The summed E-state index contributed by atoms with van der Waals surface area (Å²) < 4.78 is 0. The van der Waals surface area contributed by atoms with Crippen LogP contribution >= 0.6 is 0 Å². The van der Waals surface area contributed by atoms with Crippen molar-refractivity contribution in [3.05, 3.63) is 152 Å². The van der Waals surface area contributed by atoms with Crippen LogP contribution in [-0.4, -0.2) is 9.97 Å². The van der Waals surface area contributed by atoms with Crippen molar-refractivity contribution in [2.45, 2.75) is 0 Å². The number of pyridine rings is 2. The van der Waals surface area contributed by atoms with Crippen molar-refractivity contribution in [3.63, 3.8) is 0 Å². The van der Waals surface area contributed by atoms with Crippen LogP contribution in [0.4, 0.5) is 17.2 Å². The lowest BCUT2D eigenvalue weighted by Gasteiger charge is -2.33. The predicted molar refractivity (Wildman–Crippen MR) is 170 cm³/mol. The fraction of sp³-hybridized carbons (Fsp3) is 0. The molecule has 0 bridgehead atoms. The molecule has 0 aliphatic carbocycles. The van der Waals surface area contributed by atoms with Crippen LogP contribution in [0.25, 0.3) is 55.4 Å². The van der Waals surface area contributed by atoms with Gasteiger partial charge in [0.05, 0.1) is 23.3 Å². The number of fused-ring (bicyclic) bond motifs is 2. The molecule has 0 saturated heterocycles. The summed E-state index contributed by atoms with van der Waals surface area (Å²) in [6.45, 7) is 0. The van der Waals surface area contributed by atoms with Crippen LogP contribution in [-0.2, 0) is 0 Å². The monoisotopic (exact) mass is 523 g/mol. The van der Waals surface area contributed by atoms with E-state index >= 15 is 0 Å². The molecule has 3 nitrogen and oxygen atoms in total. The number of aromatic nitrogens is 2. The van der Waals surface area contributed by atoms with E-state index in [0.29, 0.717) is 0 Å². The number of para-hydroxylation sites is 1. The van der Waals surface area contributed by atoms with Gasteiger partial charge in [-0.3, -0.25) is 9.88 Å². The number of hydrogen-bond acceptors (Lipinski definition) is 3. The van der Waals surface area contributed by atoms with Crippen LogP contribution in [0.15, 0.2) is 152 Å². The van der Waals surface area contributed by atoms with Crippen LogP contribution in [0.5, 0.6) is 0 Å². The number of anilines is 3. The van der Waals surface area contributed by atoms with E-state index in [1.807, 2.05) is 18.5 Å². The van der Waals surface area contributed by atoms with Gasteiger partial charge in [-0.05, 0) is 58.1 Å². The van der Waals surface area contributed by atoms with Crippen molar-refractivity contribution in [2.75, 3.05) is 4.90 Å². The highest BCUT2D eigenvalue weighted by Crippen LogP contribution is 2.51. The molecule has 1 aliphatic heterocycles. The van der Waals surface area contributed by atoms with Gasteiger partial charge in [-0.2, -0.15) is 0 Å². The first-order valence-electron chi connectivity index (χ1n) is 13.8. The van der Waals surface area contributed by atoms with E-state index in [-0.39, 0.29) is 0 Å². The molecule has 7 aromatic rings. The van der Waals surface area contributed by atoms with Crippen LogP contribution in [0.1, 0.15) is 0 Å². The first kappa shape index (κ1) is 23.4. The average molecular weight is 524 g/mol. The third-order valence-corrected chi connectivity index (χ3v) is 7.84. The Labute approximate surface area is 239 Å². The van der Waals surface area contributed by atoms with Gasteiger partial charge in [0.2, 0.25) is 0 Å². The van der Waals surface area contributed by atoms with Crippen LogP contribution in [0, 0.1) is 0 Å². The van der Waals surface area contributed by atoms with Crippen LogP contribution < -0.4 is 4.90 Å². The summed E-state index contributed by atoms with van der Waals surface area (Å²) in [6.07, 6.45) is 3.95. The van der Waals surface area contributed by atoms with Crippen molar-refractivity contribution in [1.29, 1.82) is 0 Å². The van der Waals surface area contributed by atoms with Gasteiger partial charge in [0.25, 0.3) is 0 Å². The van der Waals surface area contributed by atoms with E-state index in [2.05, 4.69) is 138 Å². The maximum Gasteiger partial charge on any atom is 0.138 e. The molecule has 0 radical (unpaired) electrons. The van der Waals surface area contributed by atoms with Gasteiger partial charge in [-0.1, -0.05) is 109 Å². The predicted octanol–water partition coefficient (Wildman–Crippen LogP) is 10.1. The minimum Gasteiger partial charge on any atom is -0.292 e. The summed E-state index contributed by atoms with van der Waals surface area (Å²) in [6, 6.07) is 49.1. The van der Waals surface area contributed by atoms with E-state index in [1.54, 1.807) is 0 Å². The molecule has 0 atom stereocenters. The summed E-state index contributed by atoms with van der Waals surface area (Å²) in [5.74, 6) is 0.866. The first-order chi connectivity index (χ1) is 20.3. The minimum absolute atomic E-state index is 0.866. The van der Waals surface area contributed by atoms with E-state index in [9.17, 15) is 0 Å². The molecule has 0 N–H and O–H groups in total. The molecular weight excluding hydrogens is 498 g/mol. The van der Waals surface area contributed by atoms with Crippen molar-refractivity contribution in [1.82, 2.24) is 9.97 Å². The molecule has 0 fully saturated rings. The smallest absolute Gasteiger partial charge is 0.138 e. The highest BCUT2D eigenvalue weighted by molar-refractivity contribution is 6.14. The number of benzene rings is 5. The zero-order valence-electron chi connectivity index (χ0n) is 22.3. The van der Waals surface area contributed by atoms with Gasteiger partial charge in [-0.25, -0.2) is 4.98 Å². The Hall–Kier alpha value is -5.54. The molecule has 0 amide bonds. The Morgan fingerprint density at radius 2 is 1.05 bits per heavy atom. The Bertz CT molecular complexity index is 1980. The maximum atomic E-state index is 5.27. The van der Waals surface area contributed by atoms with Gasteiger partial charge in [0.1, 0.15) is 5.82 Å². The van der Waals surface area contributed by atoms with E-state index < -0.39 is 0 Å². The lowest BCUT2D eigenvalue weighted by atomic mass is 9.89. The van der Waals surface area contributed by atoms with Crippen molar-refractivity contribution in [3.8, 4) is 44.6 Å². The highest BCUT2D eigenvalue weighted by atomic mass is 15.2. The van der Waals surface area contributed by atoms with E-state index in [1.165, 1.54) is 27.6 Å². The first-order valence-corrected chi connectivity index (χ1v) is 13.8. The summed E-state index contributed by atoms with van der Waals surface area (Å²) in [7, 11) is 0. The molecule has 41 heavy (non-hydrogen) atoms. The zero-order valence-corrected chi connectivity index (χ0v) is 22.3. The Balaban J connectivity index is 1.41. The molecule has 3 heteroatoms. The van der Waals surface area contributed by atoms with Crippen LogP contribution in [0.2, 0.25) is 0 Å². The fourth-order valence-electron chi connectivity index (χ4n) is 5.94. The second kappa shape index (κ2) is 9.58. The second-order valence-corrected chi connectivity index (χ2v) is 10.3. The number of nitrogens with zero attached hydrogens (tertiary/aromatic N) is 3. The molecule has 3 heterocycles. The average Bonchev–Trinajstić information content (AvgIpc) is 3.06. The quantitative estimate of drug-likeness (QED) is 0.230. The summed E-state index contributed by atoms with van der Waals surface area (Å²) in [5, 5.41) is 2.30.